The van der Waals surface area contributed by atoms with Gasteiger partial charge in [-0.15, -0.1) is 0 Å². The van der Waals surface area contributed by atoms with Crippen LogP contribution in [0.5, 0.6) is 0 Å². The highest BCUT2D eigenvalue weighted by Gasteiger charge is 2.26. The number of hydrogen-bond donors (Lipinski definition) is 1. The van der Waals surface area contributed by atoms with Crippen LogP contribution < -0.4 is 0 Å². The van der Waals surface area contributed by atoms with Crippen LogP contribution in [-0.4, -0.2) is 9.67 Å². The Hall–Kier alpha value is -0.760. The van der Waals surface area contributed by atoms with Crippen molar-refractivity contribution in [3.8, 4) is 0 Å². The van der Waals surface area contributed by atoms with Gasteiger partial charge in [-0.25, -0.2) is 0 Å². The number of fused-ring (bicyclic) bond motifs is 1. The predicted molar refractivity (Wildman–Crippen MR) is 70.9 cm³/mol. The van der Waals surface area contributed by atoms with Crippen LogP contribution in [0.15, 0.2) is 12.3 Å². The Balaban J connectivity index is 2.23. The summed E-state index contributed by atoms with van der Waals surface area (Å²) >= 11 is 0. The van der Waals surface area contributed by atoms with Crippen molar-refractivity contribution in [1.29, 1.82) is 0 Å². The van der Waals surface area contributed by atoms with E-state index in [0.29, 0.717) is 11.3 Å². The molecular weight excluding hydrogens is 210 g/mol. The highest BCUT2D eigenvalue weighted by atomic mass is 16.3. The fourth-order valence-electron chi connectivity index (χ4n) is 2.50. The average molecular weight is 235 g/mol. The van der Waals surface area contributed by atoms with Gasteiger partial charge in [0, 0.05) is 24.0 Å². The van der Waals surface area contributed by atoms with E-state index in [9.17, 15) is 5.11 Å². The Morgan fingerprint density at radius 2 is 2.18 bits per heavy atom. The Morgan fingerprint density at radius 3 is 2.82 bits per heavy atom. The van der Waals surface area contributed by atoms with Crippen LogP contribution in [0.1, 0.15) is 57.9 Å². The van der Waals surface area contributed by atoms with Crippen molar-refractivity contribution in [1.82, 2.24) is 4.57 Å². The summed E-state index contributed by atoms with van der Waals surface area (Å²) in [5.74, 6) is 0.661. The van der Waals surface area contributed by atoms with E-state index in [1.807, 2.05) is 0 Å². The van der Waals surface area contributed by atoms with Gasteiger partial charge in [0.15, 0.2) is 0 Å². The average Bonchev–Trinajstić information content (AvgIpc) is 2.62. The van der Waals surface area contributed by atoms with Crippen molar-refractivity contribution in [2.45, 2.75) is 59.6 Å². The zero-order valence-electron chi connectivity index (χ0n) is 11.5. The Morgan fingerprint density at radius 1 is 1.47 bits per heavy atom. The molecule has 0 amide bonds. The van der Waals surface area contributed by atoms with Gasteiger partial charge in [0.05, 0.1) is 6.10 Å². The first-order valence-corrected chi connectivity index (χ1v) is 6.78. The third-order valence-corrected chi connectivity index (χ3v) is 4.50. The summed E-state index contributed by atoms with van der Waals surface area (Å²) in [6, 6.07) is 2.11. The molecule has 2 rings (SSSR count). The van der Waals surface area contributed by atoms with Gasteiger partial charge in [0.2, 0.25) is 0 Å². The lowest BCUT2D eigenvalue weighted by molar-refractivity contribution is 0.153. The van der Waals surface area contributed by atoms with E-state index >= 15 is 0 Å². The summed E-state index contributed by atoms with van der Waals surface area (Å²) in [6.45, 7) is 10.3. The lowest BCUT2D eigenvalue weighted by Gasteiger charge is -2.31. The van der Waals surface area contributed by atoms with Crippen LogP contribution in [0, 0.1) is 11.3 Å². The molecule has 0 bridgehead atoms. The smallest absolute Gasteiger partial charge is 0.0807 e. The van der Waals surface area contributed by atoms with Crippen LogP contribution in [0.25, 0.3) is 0 Å². The summed E-state index contributed by atoms with van der Waals surface area (Å²) in [5, 5.41) is 9.97. The zero-order valence-corrected chi connectivity index (χ0v) is 11.5. The molecule has 0 saturated heterocycles. The van der Waals surface area contributed by atoms with E-state index < -0.39 is 0 Å². The van der Waals surface area contributed by atoms with Crippen LogP contribution in [0.3, 0.4) is 0 Å². The van der Waals surface area contributed by atoms with Crippen molar-refractivity contribution in [2.75, 3.05) is 0 Å². The molecule has 1 aliphatic rings. The number of aliphatic hydroxyl groups excluding tert-OH is 1. The van der Waals surface area contributed by atoms with Gasteiger partial charge in [-0.3, -0.25) is 0 Å². The van der Waals surface area contributed by atoms with E-state index in [-0.39, 0.29) is 6.10 Å². The Kier molecular flexibility index (Phi) is 3.35. The molecule has 0 spiro atoms. The first-order valence-electron chi connectivity index (χ1n) is 6.78. The molecule has 2 heteroatoms. The molecule has 96 valence electrons. The molecule has 2 nitrogen and oxygen atoms in total. The summed E-state index contributed by atoms with van der Waals surface area (Å²) in [6.07, 6.45) is 5.07. The normalized spacial score (nSPS) is 20.7. The number of aliphatic hydroxyl groups is 1. The second-order valence-electron chi connectivity index (χ2n) is 6.40. The molecule has 1 aromatic heterocycles. The van der Waals surface area contributed by atoms with Gasteiger partial charge in [-0.05, 0) is 36.7 Å². The molecule has 1 heterocycles. The minimum atomic E-state index is -0.234. The molecule has 1 atom stereocenters. The number of hydrogen-bond acceptors (Lipinski definition) is 1. The zero-order chi connectivity index (χ0) is 12.6. The fourth-order valence-corrected chi connectivity index (χ4v) is 2.50. The van der Waals surface area contributed by atoms with Crippen molar-refractivity contribution in [3.05, 3.63) is 23.5 Å². The molecule has 1 N–H and O–H groups in total. The van der Waals surface area contributed by atoms with Gasteiger partial charge < -0.3 is 9.67 Å². The van der Waals surface area contributed by atoms with E-state index in [4.69, 9.17) is 0 Å². The SMILES string of the molecule is CC(C)C(C)(C)Cn1ccc2c1CCCC2O. The maximum atomic E-state index is 9.97. The van der Waals surface area contributed by atoms with Crippen LogP contribution in [0.4, 0.5) is 0 Å². The van der Waals surface area contributed by atoms with Crippen LogP contribution >= 0.6 is 0 Å². The molecule has 1 unspecified atom stereocenters. The molecule has 0 aromatic carbocycles. The van der Waals surface area contributed by atoms with E-state index in [2.05, 4.69) is 44.5 Å². The van der Waals surface area contributed by atoms with Gasteiger partial charge >= 0.3 is 0 Å². The molecule has 0 fully saturated rings. The molecule has 0 radical (unpaired) electrons. The predicted octanol–water partition coefficient (Wildman–Crippen LogP) is 3.54. The number of aromatic nitrogens is 1. The van der Waals surface area contributed by atoms with Crippen molar-refractivity contribution in [3.63, 3.8) is 0 Å². The van der Waals surface area contributed by atoms with E-state index in [0.717, 1.165) is 31.4 Å². The Bertz CT molecular complexity index is 390. The number of rotatable bonds is 3. The highest BCUT2D eigenvalue weighted by Crippen LogP contribution is 2.34. The molecule has 1 aliphatic carbocycles. The molecule has 0 aliphatic heterocycles. The first kappa shape index (κ1) is 12.7. The maximum Gasteiger partial charge on any atom is 0.0807 e. The third-order valence-electron chi connectivity index (χ3n) is 4.50. The van der Waals surface area contributed by atoms with E-state index in [1.165, 1.54) is 5.69 Å². The standard InChI is InChI=1S/C15H25NO/c1-11(2)15(3,4)10-16-9-8-12-13(16)6-5-7-14(12)17/h8-9,11,14,17H,5-7,10H2,1-4H3. The maximum absolute atomic E-state index is 9.97. The lowest BCUT2D eigenvalue weighted by atomic mass is 9.81. The first-order chi connectivity index (χ1) is 7.92. The van der Waals surface area contributed by atoms with Crippen molar-refractivity contribution in [2.24, 2.45) is 11.3 Å². The topological polar surface area (TPSA) is 25.2 Å². The minimum Gasteiger partial charge on any atom is -0.388 e. The fraction of sp³-hybridized carbons (Fsp3) is 0.733. The summed E-state index contributed by atoms with van der Waals surface area (Å²) < 4.78 is 2.36. The molecule has 17 heavy (non-hydrogen) atoms. The monoisotopic (exact) mass is 235 g/mol. The van der Waals surface area contributed by atoms with Crippen molar-refractivity contribution < 1.29 is 5.11 Å². The van der Waals surface area contributed by atoms with Crippen LogP contribution in [0.2, 0.25) is 0 Å². The molecular formula is C15H25NO. The van der Waals surface area contributed by atoms with Gasteiger partial charge in [0.25, 0.3) is 0 Å². The molecule has 1 aromatic rings. The quantitative estimate of drug-likeness (QED) is 0.851. The second kappa shape index (κ2) is 4.49. The lowest BCUT2D eigenvalue weighted by Crippen LogP contribution is -2.26. The summed E-state index contributed by atoms with van der Waals surface area (Å²) in [7, 11) is 0. The van der Waals surface area contributed by atoms with Crippen molar-refractivity contribution >= 4 is 0 Å². The van der Waals surface area contributed by atoms with Gasteiger partial charge in [-0.2, -0.15) is 0 Å². The van der Waals surface area contributed by atoms with E-state index in [1.54, 1.807) is 0 Å². The molecule has 0 saturated carbocycles. The van der Waals surface area contributed by atoms with Gasteiger partial charge in [0.1, 0.15) is 0 Å². The minimum absolute atomic E-state index is 0.234. The summed E-state index contributed by atoms with van der Waals surface area (Å²) in [5.41, 5.74) is 2.82. The number of nitrogens with zero attached hydrogens (tertiary/aromatic N) is 1. The summed E-state index contributed by atoms with van der Waals surface area (Å²) in [4.78, 5) is 0. The van der Waals surface area contributed by atoms with Gasteiger partial charge in [-0.1, -0.05) is 27.7 Å². The second-order valence-corrected chi connectivity index (χ2v) is 6.40. The Labute approximate surface area is 105 Å². The highest BCUT2D eigenvalue weighted by molar-refractivity contribution is 5.27. The van der Waals surface area contributed by atoms with Crippen LogP contribution in [-0.2, 0) is 13.0 Å². The largest absolute Gasteiger partial charge is 0.388 e. The third kappa shape index (κ3) is 2.42.